The van der Waals surface area contributed by atoms with E-state index in [0.29, 0.717) is 19.4 Å². The third-order valence-electron chi connectivity index (χ3n) is 3.24. The first-order valence-electron chi connectivity index (χ1n) is 6.30. The Morgan fingerprint density at radius 1 is 1.61 bits per heavy atom. The molecule has 1 fully saturated rings. The van der Waals surface area contributed by atoms with Crippen LogP contribution in [0.3, 0.4) is 0 Å². The number of carbonyl (C=O) groups is 2. The predicted octanol–water partition coefficient (Wildman–Crippen LogP) is 1.29. The first-order chi connectivity index (χ1) is 8.58. The average Bonchev–Trinajstić information content (AvgIpc) is 2.38. The molecule has 1 saturated heterocycles. The summed E-state index contributed by atoms with van der Waals surface area (Å²) in [5.41, 5.74) is 0. The summed E-state index contributed by atoms with van der Waals surface area (Å²) in [4.78, 5) is 24.5. The molecule has 0 saturated carbocycles. The van der Waals surface area contributed by atoms with Crippen LogP contribution in [0.1, 0.15) is 32.6 Å². The monoisotopic (exact) mass is 252 g/mol. The number of piperidine rings is 1. The van der Waals surface area contributed by atoms with Crippen molar-refractivity contribution in [2.75, 3.05) is 13.1 Å². The van der Waals surface area contributed by atoms with Crippen molar-refractivity contribution in [3.05, 3.63) is 0 Å². The number of hydrogen-bond donors (Lipinski definition) is 2. The lowest BCUT2D eigenvalue weighted by Gasteiger charge is -2.31. The number of amides is 2. The number of likely N-dealkylation sites (tertiary alicyclic amines) is 1. The molecule has 1 aliphatic rings. The van der Waals surface area contributed by atoms with Gasteiger partial charge in [-0.25, -0.2) is 4.79 Å². The topological polar surface area (TPSA) is 69.6 Å². The van der Waals surface area contributed by atoms with Gasteiger partial charge in [0.2, 0.25) is 0 Å². The Morgan fingerprint density at radius 2 is 2.33 bits per heavy atom. The lowest BCUT2D eigenvalue weighted by molar-refractivity contribution is -0.143. The van der Waals surface area contributed by atoms with E-state index in [-0.39, 0.29) is 18.6 Å². The number of carbonyl (C=O) groups excluding carboxylic acids is 1. The maximum Gasteiger partial charge on any atom is 0.317 e. The average molecular weight is 252 g/mol. The van der Waals surface area contributed by atoms with E-state index in [0.717, 1.165) is 12.8 Å². The van der Waals surface area contributed by atoms with E-state index in [1.807, 2.05) is 6.92 Å². The summed E-state index contributed by atoms with van der Waals surface area (Å²) >= 11 is 0. The minimum atomic E-state index is -0.830. The Hall–Kier alpha value is -1.70. The van der Waals surface area contributed by atoms with E-state index in [4.69, 9.17) is 11.5 Å². The van der Waals surface area contributed by atoms with Gasteiger partial charge in [0.15, 0.2) is 0 Å². The van der Waals surface area contributed by atoms with E-state index >= 15 is 0 Å². The van der Waals surface area contributed by atoms with Crippen molar-refractivity contribution >= 4 is 12.0 Å². The predicted molar refractivity (Wildman–Crippen MR) is 68.0 cm³/mol. The van der Waals surface area contributed by atoms with Crippen molar-refractivity contribution in [1.82, 2.24) is 10.2 Å². The zero-order chi connectivity index (χ0) is 13.5. The molecule has 2 N–H and O–H groups in total. The molecule has 1 unspecified atom stereocenters. The van der Waals surface area contributed by atoms with E-state index in [9.17, 15) is 9.59 Å². The van der Waals surface area contributed by atoms with Crippen LogP contribution in [0.4, 0.5) is 4.79 Å². The van der Waals surface area contributed by atoms with Crippen molar-refractivity contribution in [1.29, 1.82) is 0 Å². The lowest BCUT2D eigenvalue weighted by Crippen LogP contribution is -2.49. The molecule has 5 nitrogen and oxygen atoms in total. The number of terminal acetylenes is 1. The highest BCUT2D eigenvalue weighted by Gasteiger charge is 2.28. The maximum absolute atomic E-state index is 12.0. The van der Waals surface area contributed by atoms with E-state index in [1.54, 1.807) is 4.90 Å². The molecule has 1 rings (SSSR count). The van der Waals surface area contributed by atoms with Gasteiger partial charge in [-0.3, -0.25) is 4.79 Å². The van der Waals surface area contributed by atoms with Crippen molar-refractivity contribution < 1.29 is 14.7 Å². The van der Waals surface area contributed by atoms with Gasteiger partial charge >= 0.3 is 12.0 Å². The highest BCUT2D eigenvalue weighted by atomic mass is 16.4. The van der Waals surface area contributed by atoms with Gasteiger partial charge in [0, 0.05) is 25.6 Å². The molecule has 0 aromatic carbocycles. The summed E-state index contributed by atoms with van der Waals surface area (Å²) in [5, 5.41) is 11.8. The molecule has 2 amide bonds. The van der Waals surface area contributed by atoms with Crippen molar-refractivity contribution in [2.45, 2.75) is 38.6 Å². The Balaban J connectivity index is 2.50. The molecule has 1 aliphatic heterocycles. The Bertz CT molecular complexity index is 349. The normalized spacial score (nSPS) is 20.9. The minimum Gasteiger partial charge on any atom is -0.481 e. The Morgan fingerprint density at radius 3 is 2.89 bits per heavy atom. The van der Waals surface area contributed by atoms with Crippen LogP contribution in [0.5, 0.6) is 0 Å². The van der Waals surface area contributed by atoms with E-state index < -0.39 is 11.9 Å². The highest BCUT2D eigenvalue weighted by Crippen LogP contribution is 2.16. The number of nitrogens with one attached hydrogen (secondary N) is 1. The van der Waals surface area contributed by atoms with Crippen LogP contribution >= 0.6 is 0 Å². The number of carboxylic acids is 1. The second kappa shape index (κ2) is 6.90. The Labute approximate surface area is 108 Å². The quantitative estimate of drug-likeness (QED) is 0.741. The fraction of sp³-hybridized carbons (Fsp3) is 0.692. The van der Waals surface area contributed by atoms with Gasteiger partial charge in [-0.05, 0) is 19.3 Å². The summed E-state index contributed by atoms with van der Waals surface area (Å²) in [5.74, 6) is 1.25. The van der Waals surface area contributed by atoms with Gasteiger partial charge in [0.25, 0.3) is 0 Å². The molecule has 0 spiro atoms. The van der Waals surface area contributed by atoms with Crippen LogP contribution in [0.25, 0.3) is 0 Å². The number of nitrogens with zero attached hydrogens (tertiary/aromatic N) is 1. The summed E-state index contributed by atoms with van der Waals surface area (Å²) in [6.45, 7) is 2.86. The van der Waals surface area contributed by atoms with Gasteiger partial charge in [0.1, 0.15) is 0 Å². The smallest absolute Gasteiger partial charge is 0.317 e. The molecular formula is C13H20N2O3. The SMILES string of the molecule is C#CCC(CC)NC(=O)N1CCC[C@H](C(=O)O)C1. The zero-order valence-electron chi connectivity index (χ0n) is 10.7. The fourth-order valence-corrected chi connectivity index (χ4v) is 2.07. The van der Waals surface area contributed by atoms with Crippen LogP contribution in [-0.2, 0) is 4.79 Å². The molecule has 0 aromatic heterocycles. The number of carboxylic acid groups (broad SMARTS) is 1. The molecule has 0 bridgehead atoms. The van der Waals surface area contributed by atoms with Crippen LogP contribution in [-0.4, -0.2) is 41.1 Å². The number of hydrogen-bond acceptors (Lipinski definition) is 2. The second-order valence-corrected chi connectivity index (χ2v) is 4.59. The molecular weight excluding hydrogens is 232 g/mol. The maximum atomic E-state index is 12.0. The molecule has 0 aromatic rings. The first kappa shape index (κ1) is 14.4. The Kier molecular flexibility index (Phi) is 5.50. The summed E-state index contributed by atoms with van der Waals surface area (Å²) < 4.78 is 0. The van der Waals surface area contributed by atoms with Gasteiger partial charge in [-0.2, -0.15) is 0 Å². The zero-order valence-corrected chi connectivity index (χ0v) is 10.7. The third kappa shape index (κ3) is 3.95. The van der Waals surface area contributed by atoms with Gasteiger partial charge in [-0.15, -0.1) is 12.3 Å². The lowest BCUT2D eigenvalue weighted by atomic mass is 9.98. The minimum absolute atomic E-state index is 0.0345. The molecule has 0 radical (unpaired) electrons. The molecule has 5 heteroatoms. The molecule has 2 atom stereocenters. The van der Waals surface area contributed by atoms with Crippen LogP contribution in [0.2, 0.25) is 0 Å². The summed E-state index contributed by atoms with van der Waals surface area (Å²) in [6.07, 6.45) is 7.87. The van der Waals surface area contributed by atoms with Crippen molar-refractivity contribution in [3.8, 4) is 12.3 Å². The molecule has 100 valence electrons. The highest BCUT2D eigenvalue weighted by molar-refractivity contribution is 5.76. The van der Waals surface area contributed by atoms with Gasteiger partial charge in [0.05, 0.1) is 5.92 Å². The fourth-order valence-electron chi connectivity index (χ4n) is 2.07. The third-order valence-corrected chi connectivity index (χ3v) is 3.24. The van der Waals surface area contributed by atoms with Crippen LogP contribution in [0, 0.1) is 18.3 Å². The standard InChI is InChI=1S/C13H20N2O3/c1-3-6-11(4-2)14-13(18)15-8-5-7-10(9-15)12(16)17/h1,10-11H,4-9H2,2H3,(H,14,18)(H,16,17)/t10-,11?/m0/s1. The number of rotatable bonds is 4. The van der Waals surface area contributed by atoms with Crippen LogP contribution < -0.4 is 5.32 Å². The molecule has 18 heavy (non-hydrogen) atoms. The largest absolute Gasteiger partial charge is 0.481 e. The van der Waals surface area contributed by atoms with Gasteiger partial charge in [-0.1, -0.05) is 6.92 Å². The van der Waals surface area contributed by atoms with Crippen LogP contribution in [0.15, 0.2) is 0 Å². The second-order valence-electron chi connectivity index (χ2n) is 4.59. The van der Waals surface area contributed by atoms with E-state index in [2.05, 4.69) is 11.2 Å². The van der Waals surface area contributed by atoms with E-state index in [1.165, 1.54) is 0 Å². The number of aliphatic carboxylic acids is 1. The summed E-state index contributed by atoms with van der Waals surface area (Å²) in [6, 6.07) is -0.240. The summed E-state index contributed by atoms with van der Waals surface area (Å²) in [7, 11) is 0. The molecule has 1 heterocycles. The first-order valence-corrected chi connectivity index (χ1v) is 6.30. The molecule has 0 aliphatic carbocycles. The van der Waals surface area contributed by atoms with Gasteiger partial charge < -0.3 is 15.3 Å². The van der Waals surface area contributed by atoms with Crippen molar-refractivity contribution in [2.24, 2.45) is 5.92 Å². The van der Waals surface area contributed by atoms with Crippen molar-refractivity contribution in [3.63, 3.8) is 0 Å². The number of urea groups is 1.